The monoisotopic (exact) mass is 149 g/mol. The molecule has 0 spiro atoms. The van der Waals surface area contributed by atoms with Gasteiger partial charge in [-0.05, 0) is 19.8 Å². The first-order chi connectivity index (χ1) is 5.21. The molecule has 1 aliphatic carbocycles. The smallest absolute Gasteiger partial charge is 0.0777 e. The van der Waals surface area contributed by atoms with Crippen LogP contribution in [0.2, 0.25) is 0 Å². The minimum absolute atomic E-state index is 0.168. The summed E-state index contributed by atoms with van der Waals surface area (Å²) in [5, 5.41) is 9.00. The summed E-state index contributed by atoms with van der Waals surface area (Å²) in [4.78, 5) is 0. The molecule has 0 aromatic carbocycles. The van der Waals surface area contributed by atoms with E-state index in [0.29, 0.717) is 0 Å². The lowest BCUT2D eigenvalue weighted by Gasteiger charge is -2.30. The molecule has 1 fully saturated rings. The molecule has 0 unspecified atom stereocenters. The van der Waals surface area contributed by atoms with E-state index in [-0.39, 0.29) is 5.41 Å². The average molecular weight is 149 g/mol. The van der Waals surface area contributed by atoms with E-state index in [4.69, 9.17) is 5.26 Å². The van der Waals surface area contributed by atoms with Crippen molar-refractivity contribution in [2.45, 2.75) is 39.0 Å². The van der Waals surface area contributed by atoms with Gasteiger partial charge < -0.3 is 0 Å². The van der Waals surface area contributed by atoms with Crippen molar-refractivity contribution in [1.82, 2.24) is 0 Å². The Kier molecular flexibility index (Phi) is 2.34. The van der Waals surface area contributed by atoms with Crippen molar-refractivity contribution < 1.29 is 0 Å². The van der Waals surface area contributed by atoms with Crippen LogP contribution in [0.1, 0.15) is 39.0 Å². The molecule has 0 aromatic heterocycles. The second-order valence-corrected chi connectivity index (χ2v) is 3.53. The Morgan fingerprint density at radius 2 is 1.91 bits per heavy atom. The summed E-state index contributed by atoms with van der Waals surface area (Å²) in [6.45, 7) is 5.88. The van der Waals surface area contributed by atoms with Gasteiger partial charge in [-0.1, -0.05) is 31.4 Å². The van der Waals surface area contributed by atoms with Crippen LogP contribution in [0.25, 0.3) is 0 Å². The summed E-state index contributed by atoms with van der Waals surface area (Å²) >= 11 is 0. The Bertz CT molecular complexity index is 191. The molecule has 0 N–H and O–H groups in total. The fraction of sp³-hybridized carbons (Fsp3) is 0.700. The van der Waals surface area contributed by atoms with Gasteiger partial charge in [0.1, 0.15) is 0 Å². The van der Waals surface area contributed by atoms with Crippen molar-refractivity contribution in [3.8, 4) is 6.07 Å². The van der Waals surface area contributed by atoms with Crippen LogP contribution in [0.4, 0.5) is 0 Å². The predicted octanol–water partition coefficient (Wildman–Crippen LogP) is 3.04. The van der Waals surface area contributed by atoms with E-state index in [1.54, 1.807) is 0 Å². The molecule has 0 atom stereocenters. The highest BCUT2D eigenvalue weighted by atomic mass is 14.4. The Hall–Kier alpha value is -0.770. The van der Waals surface area contributed by atoms with Crippen LogP contribution < -0.4 is 0 Å². The molecule has 1 aliphatic rings. The normalized spacial score (nSPS) is 22.2. The van der Waals surface area contributed by atoms with Gasteiger partial charge in [0, 0.05) is 0 Å². The Morgan fingerprint density at radius 1 is 1.36 bits per heavy atom. The maximum Gasteiger partial charge on any atom is 0.0777 e. The van der Waals surface area contributed by atoms with Crippen LogP contribution >= 0.6 is 0 Å². The van der Waals surface area contributed by atoms with Gasteiger partial charge in [0.2, 0.25) is 0 Å². The highest BCUT2D eigenvalue weighted by molar-refractivity contribution is 5.19. The first-order valence-electron chi connectivity index (χ1n) is 4.28. The standard InChI is InChI=1S/C10H15N/c1-9(2)10(8-11)6-4-3-5-7-10/h1,3-7H2,2H3. The van der Waals surface area contributed by atoms with E-state index in [1.165, 1.54) is 19.3 Å². The molecule has 0 saturated heterocycles. The lowest BCUT2D eigenvalue weighted by atomic mass is 9.71. The fourth-order valence-corrected chi connectivity index (χ4v) is 1.79. The lowest BCUT2D eigenvalue weighted by Crippen LogP contribution is -2.22. The summed E-state index contributed by atoms with van der Waals surface area (Å²) in [6, 6.07) is 2.42. The average Bonchev–Trinajstić information content (AvgIpc) is 2.05. The lowest BCUT2D eigenvalue weighted by molar-refractivity contribution is 0.318. The van der Waals surface area contributed by atoms with Crippen molar-refractivity contribution >= 4 is 0 Å². The van der Waals surface area contributed by atoms with Crippen molar-refractivity contribution in [1.29, 1.82) is 5.26 Å². The number of nitriles is 1. The van der Waals surface area contributed by atoms with Crippen LogP contribution in [-0.4, -0.2) is 0 Å². The fourth-order valence-electron chi connectivity index (χ4n) is 1.79. The zero-order valence-corrected chi connectivity index (χ0v) is 7.19. The summed E-state index contributed by atoms with van der Waals surface area (Å²) in [5.41, 5.74) is 0.887. The highest BCUT2D eigenvalue weighted by Gasteiger charge is 2.32. The quantitative estimate of drug-likeness (QED) is 0.526. The van der Waals surface area contributed by atoms with Gasteiger partial charge in [-0.15, -0.1) is 0 Å². The molecular weight excluding hydrogens is 134 g/mol. The summed E-state index contributed by atoms with van der Waals surface area (Å²) in [7, 11) is 0. The molecule has 0 aliphatic heterocycles. The van der Waals surface area contributed by atoms with E-state index in [9.17, 15) is 0 Å². The molecule has 0 amide bonds. The third-order valence-corrected chi connectivity index (χ3v) is 2.74. The predicted molar refractivity (Wildman–Crippen MR) is 45.9 cm³/mol. The van der Waals surface area contributed by atoms with Gasteiger partial charge in [-0.2, -0.15) is 5.26 Å². The third kappa shape index (κ3) is 1.45. The summed E-state index contributed by atoms with van der Waals surface area (Å²) < 4.78 is 0. The zero-order valence-electron chi connectivity index (χ0n) is 7.19. The van der Waals surface area contributed by atoms with Crippen molar-refractivity contribution in [3.63, 3.8) is 0 Å². The number of hydrogen-bond acceptors (Lipinski definition) is 1. The van der Waals surface area contributed by atoms with Crippen LogP contribution in [0, 0.1) is 16.7 Å². The molecule has 0 radical (unpaired) electrons. The molecule has 0 aromatic rings. The molecule has 0 heterocycles. The molecule has 60 valence electrons. The van der Waals surface area contributed by atoms with Crippen LogP contribution in [0.5, 0.6) is 0 Å². The molecule has 11 heavy (non-hydrogen) atoms. The van der Waals surface area contributed by atoms with Crippen LogP contribution in [-0.2, 0) is 0 Å². The molecule has 1 heteroatoms. The molecular formula is C10H15N. The Balaban J connectivity index is 2.75. The van der Waals surface area contributed by atoms with Gasteiger partial charge in [0.05, 0.1) is 11.5 Å². The zero-order chi connectivity index (χ0) is 8.32. The van der Waals surface area contributed by atoms with Gasteiger partial charge >= 0.3 is 0 Å². The van der Waals surface area contributed by atoms with Gasteiger partial charge in [-0.25, -0.2) is 0 Å². The highest BCUT2D eigenvalue weighted by Crippen LogP contribution is 2.40. The molecule has 1 rings (SSSR count). The second kappa shape index (κ2) is 3.09. The van der Waals surface area contributed by atoms with Crippen LogP contribution in [0.15, 0.2) is 12.2 Å². The van der Waals surface area contributed by atoms with Gasteiger partial charge in [0.25, 0.3) is 0 Å². The van der Waals surface area contributed by atoms with Crippen molar-refractivity contribution in [3.05, 3.63) is 12.2 Å². The number of nitrogens with zero attached hydrogens (tertiary/aromatic N) is 1. The topological polar surface area (TPSA) is 23.8 Å². The summed E-state index contributed by atoms with van der Waals surface area (Å²) in [5.74, 6) is 0. The van der Waals surface area contributed by atoms with Crippen molar-refractivity contribution in [2.24, 2.45) is 5.41 Å². The minimum atomic E-state index is -0.168. The SMILES string of the molecule is C=C(C)C1(C#N)CCCCC1. The molecule has 1 saturated carbocycles. The third-order valence-electron chi connectivity index (χ3n) is 2.74. The number of rotatable bonds is 1. The number of allylic oxidation sites excluding steroid dienone is 1. The maximum atomic E-state index is 9.00. The van der Waals surface area contributed by atoms with E-state index < -0.39 is 0 Å². The number of hydrogen-bond donors (Lipinski definition) is 0. The Morgan fingerprint density at radius 3 is 2.18 bits per heavy atom. The first kappa shape index (κ1) is 8.33. The van der Waals surface area contributed by atoms with Crippen LogP contribution in [0.3, 0.4) is 0 Å². The molecule has 0 bridgehead atoms. The maximum absolute atomic E-state index is 9.00. The van der Waals surface area contributed by atoms with E-state index in [2.05, 4.69) is 12.6 Å². The van der Waals surface area contributed by atoms with Gasteiger partial charge in [-0.3, -0.25) is 0 Å². The Labute approximate surface area is 68.7 Å². The first-order valence-corrected chi connectivity index (χ1v) is 4.28. The van der Waals surface area contributed by atoms with Crippen molar-refractivity contribution in [2.75, 3.05) is 0 Å². The van der Waals surface area contributed by atoms with E-state index in [0.717, 1.165) is 18.4 Å². The van der Waals surface area contributed by atoms with Gasteiger partial charge in [0.15, 0.2) is 0 Å². The van der Waals surface area contributed by atoms with E-state index in [1.807, 2.05) is 6.92 Å². The largest absolute Gasteiger partial charge is 0.197 e. The molecule has 1 nitrogen and oxygen atoms in total. The second-order valence-electron chi connectivity index (χ2n) is 3.53. The summed E-state index contributed by atoms with van der Waals surface area (Å²) in [6.07, 6.45) is 5.73. The minimum Gasteiger partial charge on any atom is -0.197 e. The van der Waals surface area contributed by atoms with E-state index >= 15 is 0 Å².